The number of likely N-dealkylation sites (tertiary alicyclic amines) is 1. The highest BCUT2D eigenvalue weighted by Gasteiger charge is 2.18. The minimum absolute atomic E-state index is 0.0571. The van der Waals surface area contributed by atoms with Crippen molar-refractivity contribution in [3.63, 3.8) is 0 Å². The molecule has 1 fully saturated rings. The van der Waals surface area contributed by atoms with Gasteiger partial charge in [-0.05, 0) is 67.3 Å². The summed E-state index contributed by atoms with van der Waals surface area (Å²) in [6, 6.07) is 23.7. The van der Waals surface area contributed by atoms with Gasteiger partial charge in [-0.3, -0.25) is 14.4 Å². The van der Waals surface area contributed by atoms with E-state index in [-0.39, 0.29) is 24.3 Å². The van der Waals surface area contributed by atoms with Crippen molar-refractivity contribution in [1.82, 2.24) is 10.2 Å². The molecule has 0 spiro atoms. The molecule has 0 aromatic heterocycles. The molecule has 0 radical (unpaired) electrons. The number of carbonyl (C=O) groups is 3. The molecule has 7 nitrogen and oxygen atoms in total. The average Bonchev–Trinajstić information content (AvgIpc) is 2.91. The van der Waals surface area contributed by atoms with Gasteiger partial charge in [0.05, 0.1) is 6.54 Å². The molecule has 3 amide bonds. The SMILES string of the molecule is O=C(CNc1ccc(C(=O)N2CCCCC2)cc1)Nc1cccc(C(=O)NCc2ccccc2)c1. The van der Waals surface area contributed by atoms with E-state index in [1.54, 1.807) is 36.4 Å². The van der Waals surface area contributed by atoms with Crippen molar-refractivity contribution in [1.29, 1.82) is 0 Å². The number of piperidine rings is 1. The van der Waals surface area contributed by atoms with Crippen LogP contribution < -0.4 is 16.0 Å². The van der Waals surface area contributed by atoms with Crippen LogP contribution in [0, 0.1) is 0 Å². The van der Waals surface area contributed by atoms with Gasteiger partial charge in [0.1, 0.15) is 0 Å². The van der Waals surface area contributed by atoms with Crippen LogP contribution in [0.3, 0.4) is 0 Å². The third-order valence-electron chi connectivity index (χ3n) is 5.93. The second-order valence-electron chi connectivity index (χ2n) is 8.58. The van der Waals surface area contributed by atoms with Gasteiger partial charge < -0.3 is 20.9 Å². The van der Waals surface area contributed by atoms with Crippen LogP contribution in [0.25, 0.3) is 0 Å². The Balaban J connectivity index is 1.25. The molecule has 1 aliphatic heterocycles. The van der Waals surface area contributed by atoms with Crippen LogP contribution in [-0.4, -0.2) is 42.3 Å². The monoisotopic (exact) mass is 470 g/mol. The van der Waals surface area contributed by atoms with Gasteiger partial charge in [-0.2, -0.15) is 0 Å². The molecule has 4 rings (SSSR count). The molecule has 1 aliphatic rings. The van der Waals surface area contributed by atoms with Gasteiger partial charge >= 0.3 is 0 Å². The Kier molecular flexibility index (Phi) is 8.12. The van der Waals surface area contributed by atoms with E-state index in [1.807, 2.05) is 47.4 Å². The normalized spacial score (nSPS) is 13.1. The first-order chi connectivity index (χ1) is 17.1. The zero-order valence-corrected chi connectivity index (χ0v) is 19.6. The van der Waals surface area contributed by atoms with E-state index in [0.717, 1.165) is 37.2 Å². The third-order valence-corrected chi connectivity index (χ3v) is 5.93. The zero-order valence-electron chi connectivity index (χ0n) is 19.6. The summed E-state index contributed by atoms with van der Waals surface area (Å²) in [4.78, 5) is 39.4. The lowest BCUT2D eigenvalue weighted by atomic mass is 10.1. The maximum atomic E-state index is 12.6. The Morgan fingerprint density at radius 1 is 0.743 bits per heavy atom. The Morgan fingerprint density at radius 3 is 2.23 bits per heavy atom. The second kappa shape index (κ2) is 11.8. The van der Waals surface area contributed by atoms with Gasteiger partial charge in [-0.1, -0.05) is 36.4 Å². The lowest BCUT2D eigenvalue weighted by Gasteiger charge is -2.26. The predicted molar refractivity (Wildman–Crippen MR) is 137 cm³/mol. The van der Waals surface area contributed by atoms with E-state index in [9.17, 15) is 14.4 Å². The first kappa shape index (κ1) is 24.0. The Hall–Kier alpha value is -4.13. The number of hydrogen-bond donors (Lipinski definition) is 3. The number of carbonyl (C=O) groups excluding carboxylic acids is 3. The van der Waals surface area contributed by atoms with Gasteiger partial charge in [-0.25, -0.2) is 0 Å². The van der Waals surface area contributed by atoms with Gasteiger partial charge in [0.15, 0.2) is 0 Å². The molecular weight excluding hydrogens is 440 g/mol. The van der Waals surface area contributed by atoms with Crippen molar-refractivity contribution in [2.75, 3.05) is 30.3 Å². The van der Waals surface area contributed by atoms with Gasteiger partial charge in [0.25, 0.3) is 11.8 Å². The molecule has 0 bridgehead atoms. The van der Waals surface area contributed by atoms with Crippen molar-refractivity contribution >= 4 is 29.1 Å². The van der Waals surface area contributed by atoms with Crippen molar-refractivity contribution in [3.8, 4) is 0 Å². The van der Waals surface area contributed by atoms with Crippen molar-refractivity contribution < 1.29 is 14.4 Å². The van der Waals surface area contributed by atoms with Gasteiger partial charge in [0.2, 0.25) is 5.91 Å². The first-order valence-electron chi connectivity index (χ1n) is 11.9. The van der Waals surface area contributed by atoms with Crippen LogP contribution in [0.4, 0.5) is 11.4 Å². The molecule has 1 heterocycles. The quantitative estimate of drug-likeness (QED) is 0.458. The average molecular weight is 471 g/mol. The van der Waals surface area contributed by atoms with E-state index in [4.69, 9.17) is 0 Å². The van der Waals surface area contributed by atoms with Crippen LogP contribution >= 0.6 is 0 Å². The molecule has 3 N–H and O–H groups in total. The fraction of sp³-hybridized carbons (Fsp3) is 0.250. The molecule has 1 saturated heterocycles. The maximum absolute atomic E-state index is 12.6. The van der Waals surface area contributed by atoms with Gasteiger partial charge in [-0.15, -0.1) is 0 Å². The summed E-state index contributed by atoms with van der Waals surface area (Å²) in [6.45, 7) is 2.12. The number of benzene rings is 3. The van der Waals surface area contributed by atoms with E-state index in [2.05, 4.69) is 16.0 Å². The van der Waals surface area contributed by atoms with Crippen LogP contribution in [-0.2, 0) is 11.3 Å². The molecule has 3 aromatic carbocycles. The van der Waals surface area contributed by atoms with E-state index >= 15 is 0 Å². The van der Waals surface area contributed by atoms with Crippen molar-refractivity contribution in [2.45, 2.75) is 25.8 Å². The van der Waals surface area contributed by atoms with Crippen molar-refractivity contribution in [2.24, 2.45) is 0 Å². The topological polar surface area (TPSA) is 90.5 Å². The molecule has 180 valence electrons. The number of rotatable bonds is 8. The summed E-state index contributed by atoms with van der Waals surface area (Å²) in [7, 11) is 0. The number of anilines is 2. The third kappa shape index (κ3) is 6.93. The standard InChI is InChI=1S/C28H30N4O3/c33-26(20-29-24-14-12-22(13-15-24)28(35)32-16-5-2-6-17-32)31-25-11-7-10-23(18-25)27(34)30-19-21-8-3-1-4-9-21/h1,3-4,7-15,18,29H,2,5-6,16-17,19-20H2,(H,30,34)(H,31,33). The Morgan fingerprint density at radius 2 is 1.49 bits per heavy atom. The minimum Gasteiger partial charge on any atom is -0.376 e. The summed E-state index contributed by atoms with van der Waals surface area (Å²) in [5.74, 6) is -0.385. The molecule has 0 saturated carbocycles. The predicted octanol–water partition coefficient (Wildman–Crippen LogP) is 4.29. The van der Waals surface area contributed by atoms with Crippen LogP contribution in [0.5, 0.6) is 0 Å². The van der Waals surface area contributed by atoms with Crippen LogP contribution in [0.1, 0.15) is 45.5 Å². The highest BCUT2D eigenvalue weighted by molar-refractivity contribution is 5.98. The summed E-state index contributed by atoms with van der Waals surface area (Å²) in [5, 5.41) is 8.77. The van der Waals surface area contributed by atoms with E-state index < -0.39 is 0 Å². The van der Waals surface area contributed by atoms with Crippen LogP contribution in [0.15, 0.2) is 78.9 Å². The molecular formula is C28H30N4O3. The largest absolute Gasteiger partial charge is 0.376 e. The number of amides is 3. The highest BCUT2D eigenvalue weighted by Crippen LogP contribution is 2.16. The number of hydrogen-bond acceptors (Lipinski definition) is 4. The molecule has 3 aromatic rings. The summed E-state index contributed by atoms with van der Waals surface area (Å²) >= 11 is 0. The molecule has 35 heavy (non-hydrogen) atoms. The number of nitrogens with one attached hydrogen (secondary N) is 3. The summed E-state index contributed by atoms with van der Waals surface area (Å²) in [5.41, 5.74) is 3.45. The molecule has 0 aliphatic carbocycles. The maximum Gasteiger partial charge on any atom is 0.253 e. The van der Waals surface area contributed by atoms with E-state index in [1.165, 1.54) is 6.42 Å². The summed E-state index contributed by atoms with van der Waals surface area (Å²) < 4.78 is 0. The van der Waals surface area contributed by atoms with E-state index in [0.29, 0.717) is 23.4 Å². The smallest absolute Gasteiger partial charge is 0.253 e. The lowest BCUT2D eigenvalue weighted by molar-refractivity contribution is -0.114. The van der Waals surface area contributed by atoms with Gasteiger partial charge in [0, 0.05) is 42.1 Å². The molecule has 0 atom stereocenters. The fourth-order valence-electron chi connectivity index (χ4n) is 4.02. The highest BCUT2D eigenvalue weighted by atomic mass is 16.2. The Bertz CT molecular complexity index is 1160. The fourth-order valence-corrected chi connectivity index (χ4v) is 4.02. The zero-order chi connectivity index (χ0) is 24.5. The van der Waals surface area contributed by atoms with Crippen LogP contribution in [0.2, 0.25) is 0 Å². The first-order valence-corrected chi connectivity index (χ1v) is 11.9. The van der Waals surface area contributed by atoms with Crippen molar-refractivity contribution in [3.05, 3.63) is 95.6 Å². The molecule has 7 heteroatoms. The lowest BCUT2D eigenvalue weighted by Crippen LogP contribution is -2.35. The summed E-state index contributed by atoms with van der Waals surface area (Å²) in [6.07, 6.45) is 3.30. The number of nitrogens with zero attached hydrogens (tertiary/aromatic N) is 1. The Labute approximate surface area is 205 Å². The second-order valence-corrected chi connectivity index (χ2v) is 8.58. The molecule has 0 unspecified atom stereocenters. The minimum atomic E-state index is -0.236.